The number of ether oxygens (including phenoxy) is 2. The lowest BCUT2D eigenvalue weighted by atomic mass is 10.4. The maximum atomic E-state index is 13.0. The molecule has 0 unspecified atom stereocenters. The van der Waals surface area contributed by atoms with Gasteiger partial charge in [0.25, 0.3) is 0 Å². The van der Waals surface area contributed by atoms with Crippen molar-refractivity contribution in [2.45, 2.75) is 6.29 Å². The molecular weight excluding hydrogens is 303 g/mol. The van der Waals surface area contributed by atoms with Gasteiger partial charge in [0.2, 0.25) is 0 Å². The fourth-order valence-electron chi connectivity index (χ4n) is 1.51. The molecule has 0 aromatic carbocycles. The van der Waals surface area contributed by atoms with Gasteiger partial charge in [-0.2, -0.15) is 4.39 Å². The summed E-state index contributed by atoms with van der Waals surface area (Å²) in [6.07, 6.45) is -0.285. The van der Waals surface area contributed by atoms with Crippen molar-refractivity contribution in [3.63, 3.8) is 0 Å². The minimum Gasteiger partial charge on any atom is -0.345 e. The van der Waals surface area contributed by atoms with E-state index in [4.69, 9.17) is 9.47 Å². The van der Waals surface area contributed by atoms with E-state index in [1.807, 2.05) is 0 Å². The molecule has 1 aliphatic heterocycles. The molecule has 0 N–H and O–H groups in total. The maximum Gasteiger partial charge on any atom is 0.194 e. The molecule has 2 aromatic heterocycles. The molecule has 0 radical (unpaired) electrons. The second-order valence-electron chi connectivity index (χ2n) is 3.10. The largest absolute Gasteiger partial charge is 0.345 e. The van der Waals surface area contributed by atoms with Crippen molar-refractivity contribution in [1.29, 1.82) is 0 Å². The van der Waals surface area contributed by atoms with E-state index in [1.165, 1.54) is 11.3 Å². The van der Waals surface area contributed by atoms with Gasteiger partial charge in [0.1, 0.15) is 0 Å². The Hall–Kier alpha value is -0.01000. The maximum absolute atomic E-state index is 13.0. The summed E-state index contributed by atoms with van der Waals surface area (Å²) in [5, 5.41) is -0.156. The molecule has 0 saturated carbocycles. The molecular formula is C9H6BrFO2S2. The molecule has 2 aromatic rings. The SMILES string of the molecule is Fc1cc2sc(C3OCCO3)c(Br)c2s1. The van der Waals surface area contributed by atoms with Crippen molar-refractivity contribution in [2.24, 2.45) is 0 Å². The Kier molecular flexibility index (Phi) is 2.56. The molecule has 0 bridgehead atoms. The summed E-state index contributed by atoms with van der Waals surface area (Å²) in [5.74, 6) is 0. The zero-order valence-electron chi connectivity index (χ0n) is 7.46. The Morgan fingerprint density at radius 1 is 1.33 bits per heavy atom. The normalized spacial score (nSPS) is 18.0. The highest BCUT2D eigenvalue weighted by Crippen LogP contribution is 2.44. The highest BCUT2D eigenvalue weighted by atomic mass is 79.9. The zero-order chi connectivity index (χ0) is 10.4. The highest BCUT2D eigenvalue weighted by Gasteiger charge is 2.25. The molecule has 2 nitrogen and oxygen atoms in total. The number of fused-ring (bicyclic) bond motifs is 1. The third-order valence-electron chi connectivity index (χ3n) is 2.14. The van der Waals surface area contributed by atoms with Crippen molar-refractivity contribution < 1.29 is 13.9 Å². The van der Waals surface area contributed by atoms with Crippen molar-refractivity contribution in [1.82, 2.24) is 0 Å². The van der Waals surface area contributed by atoms with Crippen LogP contribution in [0.1, 0.15) is 11.2 Å². The minimum atomic E-state index is -0.285. The van der Waals surface area contributed by atoms with Gasteiger partial charge in [-0.3, -0.25) is 0 Å². The van der Waals surface area contributed by atoms with Gasteiger partial charge in [-0.25, -0.2) is 0 Å². The summed E-state index contributed by atoms with van der Waals surface area (Å²) in [6.45, 7) is 1.24. The molecule has 15 heavy (non-hydrogen) atoms. The Balaban J connectivity index is 2.11. The number of thiophene rings is 2. The van der Waals surface area contributed by atoms with E-state index in [9.17, 15) is 4.39 Å². The molecule has 1 saturated heterocycles. The van der Waals surface area contributed by atoms with Gasteiger partial charge in [0.15, 0.2) is 11.4 Å². The summed E-state index contributed by atoms with van der Waals surface area (Å²) in [6, 6.07) is 1.55. The summed E-state index contributed by atoms with van der Waals surface area (Å²) < 4.78 is 26.6. The first-order chi connectivity index (χ1) is 7.25. The monoisotopic (exact) mass is 308 g/mol. The van der Waals surface area contributed by atoms with Gasteiger partial charge in [-0.15, -0.1) is 22.7 Å². The van der Waals surface area contributed by atoms with E-state index in [2.05, 4.69) is 15.9 Å². The van der Waals surface area contributed by atoms with Crippen LogP contribution in [-0.4, -0.2) is 13.2 Å². The second kappa shape index (κ2) is 3.78. The Labute approximate surface area is 102 Å². The van der Waals surface area contributed by atoms with Crippen LogP contribution in [0.2, 0.25) is 0 Å². The van der Waals surface area contributed by atoms with Crippen LogP contribution < -0.4 is 0 Å². The van der Waals surface area contributed by atoms with E-state index in [0.717, 1.165) is 30.1 Å². The van der Waals surface area contributed by atoms with Gasteiger partial charge >= 0.3 is 0 Å². The first-order valence-corrected chi connectivity index (χ1v) is 6.79. The summed E-state index contributed by atoms with van der Waals surface area (Å²) in [4.78, 5) is 0.994. The average Bonchev–Trinajstić information content (AvgIpc) is 2.84. The quantitative estimate of drug-likeness (QED) is 0.795. The molecule has 3 rings (SSSR count). The molecule has 1 aliphatic rings. The van der Waals surface area contributed by atoms with Crippen molar-refractivity contribution in [2.75, 3.05) is 13.2 Å². The Morgan fingerprint density at radius 2 is 2.07 bits per heavy atom. The minimum absolute atomic E-state index is 0.156. The van der Waals surface area contributed by atoms with Gasteiger partial charge in [0, 0.05) is 10.8 Å². The van der Waals surface area contributed by atoms with Crippen molar-refractivity contribution in [3.8, 4) is 0 Å². The van der Waals surface area contributed by atoms with Gasteiger partial charge in [-0.1, -0.05) is 0 Å². The lowest BCUT2D eigenvalue weighted by Gasteiger charge is -2.06. The first kappa shape index (κ1) is 10.2. The van der Waals surface area contributed by atoms with Crippen molar-refractivity contribution in [3.05, 3.63) is 20.5 Å². The van der Waals surface area contributed by atoms with E-state index >= 15 is 0 Å². The molecule has 1 fully saturated rings. The lowest BCUT2D eigenvalue weighted by molar-refractivity contribution is -0.0417. The third-order valence-corrected chi connectivity index (χ3v) is 5.72. The summed E-state index contributed by atoms with van der Waals surface area (Å²) in [5.41, 5.74) is 0. The van der Waals surface area contributed by atoms with E-state index < -0.39 is 0 Å². The molecule has 3 heterocycles. The molecule has 6 heteroatoms. The molecule has 80 valence electrons. The highest BCUT2D eigenvalue weighted by molar-refractivity contribution is 9.10. The average molecular weight is 309 g/mol. The Bertz CT molecular complexity index is 501. The molecule has 0 amide bonds. The van der Waals surface area contributed by atoms with Crippen LogP contribution in [0, 0.1) is 5.13 Å². The van der Waals surface area contributed by atoms with Gasteiger partial charge in [-0.05, 0) is 15.9 Å². The number of hydrogen-bond donors (Lipinski definition) is 0. The van der Waals surface area contributed by atoms with Gasteiger partial charge in [0.05, 0.1) is 27.3 Å². The Morgan fingerprint density at radius 3 is 2.73 bits per heavy atom. The number of halogens is 2. The predicted molar refractivity (Wildman–Crippen MR) is 62.0 cm³/mol. The third kappa shape index (κ3) is 1.64. The van der Waals surface area contributed by atoms with Crippen LogP contribution in [0.5, 0.6) is 0 Å². The van der Waals surface area contributed by atoms with Crippen LogP contribution in [0.3, 0.4) is 0 Å². The summed E-state index contributed by atoms with van der Waals surface area (Å²) >= 11 is 6.13. The fraction of sp³-hybridized carbons (Fsp3) is 0.333. The van der Waals surface area contributed by atoms with E-state index in [-0.39, 0.29) is 11.4 Å². The van der Waals surface area contributed by atoms with Crippen LogP contribution in [0.4, 0.5) is 4.39 Å². The van der Waals surface area contributed by atoms with Crippen LogP contribution >= 0.6 is 38.6 Å². The van der Waals surface area contributed by atoms with Gasteiger partial charge < -0.3 is 9.47 Å². The van der Waals surface area contributed by atoms with Crippen LogP contribution in [0.15, 0.2) is 10.5 Å². The lowest BCUT2D eigenvalue weighted by Crippen LogP contribution is -1.94. The second-order valence-corrected chi connectivity index (χ2v) is 5.98. The standard InChI is InChI=1S/C9H6BrFO2S2/c10-6-7-4(3-5(11)15-7)14-8(6)9-12-1-2-13-9/h3,9H,1-2H2. The van der Waals surface area contributed by atoms with Crippen molar-refractivity contribution >= 4 is 48.0 Å². The molecule has 0 atom stereocenters. The number of hydrogen-bond acceptors (Lipinski definition) is 4. The molecule has 0 spiro atoms. The number of rotatable bonds is 1. The van der Waals surface area contributed by atoms with E-state index in [0.29, 0.717) is 13.2 Å². The predicted octanol–water partition coefficient (Wildman–Crippen LogP) is 3.91. The van der Waals surface area contributed by atoms with E-state index in [1.54, 1.807) is 6.07 Å². The van der Waals surface area contributed by atoms with Crippen LogP contribution in [-0.2, 0) is 9.47 Å². The van der Waals surface area contributed by atoms with Crippen LogP contribution in [0.25, 0.3) is 9.40 Å². The topological polar surface area (TPSA) is 18.5 Å². The zero-order valence-corrected chi connectivity index (χ0v) is 10.7. The smallest absolute Gasteiger partial charge is 0.194 e. The first-order valence-electron chi connectivity index (χ1n) is 4.36. The fourth-order valence-corrected chi connectivity index (χ4v) is 4.67. The molecule has 0 aliphatic carbocycles. The summed E-state index contributed by atoms with van der Waals surface area (Å²) in [7, 11) is 0.